The van der Waals surface area contributed by atoms with Crippen molar-refractivity contribution in [3.8, 4) is 11.1 Å². The van der Waals surface area contributed by atoms with Gasteiger partial charge in [0.1, 0.15) is 0 Å². The molecule has 0 aliphatic carbocycles. The fraction of sp³-hybridized carbons (Fsp3) is 0.345. The number of halogens is 2. The number of carbonyl (C=O) groups is 2. The fourth-order valence-corrected chi connectivity index (χ4v) is 4.29. The second-order valence-electron chi connectivity index (χ2n) is 9.32. The first kappa shape index (κ1) is 33.1. The number of rotatable bonds is 10. The van der Waals surface area contributed by atoms with Crippen LogP contribution in [0.1, 0.15) is 57.8 Å². The van der Waals surface area contributed by atoms with E-state index >= 15 is 0 Å². The first-order chi connectivity index (χ1) is 17.3. The van der Waals surface area contributed by atoms with E-state index in [9.17, 15) is 9.59 Å². The van der Waals surface area contributed by atoms with Crippen LogP contribution in [0.4, 0.5) is 0 Å². The highest BCUT2D eigenvalue weighted by Crippen LogP contribution is 2.33. The van der Waals surface area contributed by atoms with Gasteiger partial charge in [-0.2, -0.15) is 0 Å². The van der Waals surface area contributed by atoms with Gasteiger partial charge >= 0.3 is 5.97 Å². The van der Waals surface area contributed by atoms with Crippen molar-refractivity contribution in [3.05, 3.63) is 87.7 Å². The minimum Gasteiger partial charge on any atom is -0.465 e. The summed E-state index contributed by atoms with van der Waals surface area (Å²) in [6.45, 7) is 7.43. The average Bonchev–Trinajstić information content (AvgIpc) is 2.88. The molecule has 0 saturated heterocycles. The molecule has 1 aromatic heterocycles. The number of esters is 1. The van der Waals surface area contributed by atoms with E-state index in [1.165, 1.54) is 7.11 Å². The summed E-state index contributed by atoms with van der Waals surface area (Å²) in [5.41, 5.74) is 20.1. The Kier molecular flexibility index (Phi) is 13.4. The van der Waals surface area contributed by atoms with E-state index in [-0.39, 0.29) is 37.1 Å². The number of pyridine rings is 1. The lowest BCUT2D eigenvalue weighted by Gasteiger charge is -2.21. The number of hydrogen-bond donors (Lipinski definition) is 3. The van der Waals surface area contributed by atoms with E-state index in [2.05, 4.69) is 19.2 Å². The van der Waals surface area contributed by atoms with Crippen molar-refractivity contribution in [2.75, 3.05) is 7.11 Å². The molecule has 9 heteroatoms. The zero-order valence-corrected chi connectivity index (χ0v) is 24.0. The molecule has 0 aliphatic heterocycles. The van der Waals surface area contributed by atoms with Crippen molar-refractivity contribution >= 4 is 36.7 Å². The Labute approximate surface area is 237 Å². The van der Waals surface area contributed by atoms with Crippen molar-refractivity contribution in [3.63, 3.8) is 0 Å². The molecule has 3 rings (SSSR count). The van der Waals surface area contributed by atoms with Gasteiger partial charge < -0.3 is 21.5 Å². The van der Waals surface area contributed by atoms with Gasteiger partial charge in [-0.05, 0) is 64.8 Å². The highest BCUT2D eigenvalue weighted by molar-refractivity contribution is 5.89. The Morgan fingerprint density at radius 3 is 2.05 bits per heavy atom. The molecular weight excluding hydrogens is 523 g/mol. The summed E-state index contributed by atoms with van der Waals surface area (Å²) in [5.74, 6) is -0.0806. The number of carbonyl (C=O) groups excluding carboxylic acids is 2. The molecule has 0 fully saturated rings. The molecule has 0 aliphatic rings. The van der Waals surface area contributed by atoms with E-state index in [4.69, 9.17) is 21.2 Å². The molecule has 0 unspecified atom stereocenters. The summed E-state index contributed by atoms with van der Waals surface area (Å²) in [6, 6.07) is 15.1. The number of aryl methyl sites for hydroxylation is 1. The summed E-state index contributed by atoms with van der Waals surface area (Å²) in [7, 11) is 1.35. The maximum atomic E-state index is 13.0. The second-order valence-corrected chi connectivity index (χ2v) is 9.32. The van der Waals surface area contributed by atoms with Crippen molar-refractivity contribution < 1.29 is 14.3 Å². The van der Waals surface area contributed by atoms with Gasteiger partial charge in [0.15, 0.2) is 0 Å². The van der Waals surface area contributed by atoms with Gasteiger partial charge in [-0.1, -0.05) is 50.2 Å². The van der Waals surface area contributed by atoms with Crippen LogP contribution in [0.5, 0.6) is 0 Å². The van der Waals surface area contributed by atoms with Gasteiger partial charge in [0.05, 0.1) is 19.1 Å². The summed E-state index contributed by atoms with van der Waals surface area (Å²) < 4.78 is 4.73. The quantitative estimate of drug-likeness (QED) is 0.310. The van der Waals surface area contributed by atoms with Crippen LogP contribution < -0.4 is 16.8 Å². The molecule has 38 heavy (non-hydrogen) atoms. The average molecular weight is 562 g/mol. The van der Waals surface area contributed by atoms with Crippen LogP contribution in [0.15, 0.2) is 48.5 Å². The number of hydrogen-bond acceptors (Lipinski definition) is 6. The maximum Gasteiger partial charge on any atom is 0.337 e. The fourth-order valence-electron chi connectivity index (χ4n) is 4.29. The molecule has 0 atom stereocenters. The molecule has 5 N–H and O–H groups in total. The third kappa shape index (κ3) is 8.27. The number of aromatic nitrogens is 1. The first-order valence-corrected chi connectivity index (χ1v) is 12.2. The SMILES string of the molecule is COC(=O)c1ccc(CNC(=O)Cc2c(C)nc(CC(C)C)c(CN)c2-c2ccc(CN)cc2)cc1.Cl.Cl. The third-order valence-electron chi connectivity index (χ3n) is 6.18. The Bertz CT molecular complexity index is 1210. The van der Waals surface area contributed by atoms with Crippen LogP contribution in [0.3, 0.4) is 0 Å². The standard InChI is InChI=1S/C29H36N4O3.2ClH/c1-18(2)13-26-25(16-31)28(22-9-5-20(15-30)6-10-22)24(19(3)33-26)14-27(34)32-17-21-7-11-23(12-8-21)29(35)36-4;;/h5-12,18H,13-17,30-31H2,1-4H3,(H,32,34);2*1H. The van der Waals surface area contributed by atoms with Gasteiger partial charge in [0, 0.05) is 31.0 Å². The first-order valence-electron chi connectivity index (χ1n) is 12.2. The molecule has 3 aromatic rings. The normalized spacial score (nSPS) is 10.4. The van der Waals surface area contributed by atoms with E-state index in [1.807, 2.05) is 31.2 Å². The van der Waals surface area contributed by atoms with Crippen molar-refractivity contribution in [1.29, 1.82) is 0 Å². The lowest BCUT2D eigenvalue weighted by molar-refractivity contribution is -0.120. The third-order valence-corrected chi connectivity index (χ3v) is 6.18. The monoisotopic (exact) mass is 560 g/mol. The van der Waals surface area contributed by atoms with E-state index in [1.54, 1.807) is 24.3 Å². The lowest BCUT2D eigenvalue weighted by atomic mass is 9.88. The largest absolute Gasteiger partial charge is 0.465 e. The number of nitrogens with two attached hydrogens (primary N) is 2. The van der Waals surface area contributed by atoms with Crippen molar-refractivity contribution in [2.45, 2.75) is 53.2 Å². The van der Waals surface area contributed by atoms with E-state index < -0.39 is 5.97 Å². The molecule has 0 radical (unpaired) electrons. The predicted octanol–water partition coefficient (Wildman–Crippen LogP) is 4.66. The summed E-state index contributed by atoms with van der Waals surface area (Å²) in [5, 5.41) is 2.99. The molecular formula is C29H38Cl2N4O3. The molecule has 0 spiro atoms. The van der Waals surface area contributed by atoms with Gasteiger partial charge in [-0.3, -0.25) is 9.78 Å². The summed E-state index contributed by atoms with van der Waals surface area (Å²) in [6.07, 6.45) is 0.997. The Morgan fingerprint density at radius 1 is 0.921 bits per heavy atom. The van der Waals surface area contributed by atoms with Crippen LogP contribution in [0.25, 0.3) is 11.1 Å². The Balaban J connectivity index is 0.00000361. The highest BCUT2D eigenvalue weighted by Gasteiger charge is 2.21. The number of nitrogens with one attached hydrogen (secondary N) is 1. The predicted molar refractivity (Wildman–Crippen MR) is 157 cm³/mol. The summed E-state index contributed by atoms with van der Waals surface area (Å²) in [4.78, 5) is 29.6. The zero-order valence-electron chi connectivity index (χ0n) is 22.4. The van der Waals surface area contributed by atoms with Crippen LogP contribution in [-0.4, -0.2) is 24.0 Å². The highest BCUT2D eigenvalue weighted by atomic mass is 35.5. The number of benzene rings is 2. The molecule has 7 nitrogen and oxygen atoms in total. The molecule has 2 aromatic carbocycles. The van der Waals surface area contributed by atoms with Crippen molar-refractivity contribution in [2.24, 2.45) is 17.4 Å². The van der Waals surface area contributed by atoms with E-state index in [0.717, 1.165) is 51.2 Å². The number of ether oxygens (including phenoxy) is 1. The topological polar surface area (TPSA) is 120 Å². The maximum absolute atomic E-state index is 13.0. The Morgan fingerprint density at radius 2 is 1.53 bits per heavy atom. The number of amides is 1. The van der Waals surface area contributed by atoms with Gasteiger partial charge in [0.25, 0.3) is 0 Å². The van der Waals surface area contributed by atoms with E-state index in [0.29, 0.717) is 31.1 Å². The van der Waals surface area contributed by atoms with Crippen molar-refractivity contribution in [1.82, 2.24) is 10.3 Å². The van der Waals surface area contributed by atoms with Gasteiger partial charge in [-0.25, -0.2) is 4.79 Å². The van der Waals surface area contributed by atoms with Crippen LogP contribution >= 0.6 is 24.8 Å². The minimum absolute atomic E-state index is 0. The molecule has 206 valence electrons. The van der Waals surface area contributed by atoms with Crippen LogP contribution in [0, 0.1) is 12.8 Å². The van der Waals surface area contributed by atoms with Crippen LogP contribution in [-0.2, 0) is 42.0 Å². The molecule has 1 amide bonds. The Hall–Kier alpha value is -2.97. The molecule has 1 heterocycles. The summed E-state index contributed by atoms with van der Waals surface area (Å²) >= 11 is 0. The molecule has 0 saturated carbocycles. The molecule has 0 bridgehead atoms. The smallest absolute Gasteiger partial charge is 0.337 e. The number of nitrogens with zero attached hydrogens (tertiary/aromatic N) is 1. The zero-order chi connectivity index (χ0) is 26.2. The minimum atomic E-state index is -0.391. The second kappa shape index (κ2) is 15.4. The van der Waals surface area contributed by atoms with Crippen LogP contribution in [0.2, 0.25) is 0 Å². The number of methoxy groups -OCH3 is 1. The van der Waals surface area contributed by atoms with Gasteiger partial charge in [0.2, 0.25) is 5.91 Å². The van der Waals surface area contributed by atoms with Gasteiger partial charge in [-0.15, -0.1) is 24.8 Å². The lowest BCUT2D eigenvalue weighted by Crippen LogP contribution is -2.26.